The smallest absolute Gasteiger partial charge is 0.306 e. The molecule has 114 valence electrons. The second-order valence-electron chi connectivity index (χ2n) is 4.68. The van der Waals surface area contributed by atoms with Crippen molar-refractivity contribution in [2.24, 2.45) is 5.92 Å². The van der Waals surface area contributed by atoms with E-state index in [2.05, 4.69) is 5.32 Å². The third kappa shape index (κ3) is 6.40. The molecule has 0 fully saturated rings. The van der Waals surface area contributed by atoms with Gasteiger partial charge in [0.2, 0.25) is 5.91 Å². The van der Waals surface area contributed by atoms with Gasteiger partial charge in [-0.15, -0.1) is 0 Å². The van der Waals surface area contributed by atoms with Crippen LogP contribution in [-0.2, 0) is 9.59 Å². The van der Waals surface area contributed by atoms with Crippen molar-refractivity contribution in [1.82, 2.24) is 5.32 Å². The Hall–Kier alpha value is -1.88. The number of carbonyl (C=O) groups excluding carboxylic acids is 1. The first-order chi connectivity index (χ1) is 9.90. The van der Waals surface area contributed by atoms with Gasteiger partial charge >= 0.3 is 5.97 Å². The highest BCUT2D eigenvalue weighted by Gasteiger charge is 2.09. The Kier molecular flexibility index (Phi) is 6.88. The van der Waals surface area contributed by atoms with Gasteiger partial charge in [-0.2, -0.15) is 0 Å². The van der Waals surface area contributed by atoms with Crippen molar-refractivity contribution in [3.05, 3.63) is 40.7 Å². The molecule has 0 aliphatic carbocycles. The van der Waals surface area contributed by atoms with Gasteiger partial charge in [-0.05, 0) is 36.6 Å². The summed E-state index contributed by atoms with van der Waals surface area (Å²) in [6.45, 7) is 2.04. The highest BCUT2D eigenvalue weighted by Crippen LogP contribution is 2.16. The lowest BCUT2D eigenvalue weighted by Gasteiger charge is -2.05. The second kappa shape index (κ2) is 8.42. The van der Waals surface area contributed by atoms with Gasteiger partial charge in [0.05, 0.1) is 10.9 Å². The number of hydrogen-bond acceptors (Lipinski definition) is 2. The van der Waals surface area contributed by atoms with Crippen LogP contribution in [0.3, 0.4) is 0 Å². The summed E-state index contributed by atoms with van der Waals surface area (Å²) in [6, 6.07) is 4.17. The number of benzene rings is 1. The van der Waals surface area contributed by atoms with E-state index in [1.54, 1.807) is 6.92 Å². The van der Waals surface area contributed by atoms with Crippen LogP contribution in [-0.4, -0.2) is 23.5 Å². The minimum absolute atomic E-state index is 0.000200. The van der Waals surface area contributed by atoms with E-state index in [0.717, 1.165) is 0 Å². The lowest BCUT2D eigenvalue weighted by Crippen LogP contribution is -2.23. The SMILES string of the molecule is CC(CCCNC(=O)/C=C/c1ccc(F)c(Cl)c1)C(=O)O. The van der Waals surface area contributed by atoms with Crippen molar-refractivity contribution in [3.8, 4) is 0 Å². The fourth-order valence-corrected chi connectivity index (χ4v) is 1.78. The second-order valence-corrected chi connectivity index (χ2v) is 5.09. The first-order valence-electron chi connectivity index (χ1n) is 6.54. The number of carbonyl (C=O) groups is 2. The molecular formula is C15H17ClFNO3. The third-order valence-electron chi connectivity index (χ3n) is 2.91. The average molecular weight is 314 g/mol. The molecule has 1 amide bonds. The zero-order valence-electron chi connectivity index (χ0n) is 11.6. The van der Waals surface area contributed by atoms with Crippen molar-refractivity contribution < 1.29 is 19.1 Å². The molecule has 1 unspecified atom stereocenters. The van der Waals surface area contributed by atoms with Gasteiger partial charge < -0.3 is 10.4 Å². The number of amides is 1. The number of aliphatic carboxylic acids is 1. The summed E-state index contributed by atoms with van der Waals surface area (Å²) in [6.07, 6.45) is 3.95. The van der Waals surface area contributed by atoms with Crippen LogP contribution in [0.15, 0.2) is 24.3 Å². The Bertz CT molecular complexity index is 546. The van der Waals surface area contributed by atoms with Crippen LogP contribution >= 0.6 is 11.6 Å². The van der Waals surface area contributed by atoms with Gasteiger partial charge in [0.1, 0.15) is 5.82 Å². The van der Waals surface area contributed by atoms with E-state index in [-0.39, 0.29) is 10.9 Å². The number of nitrogens with one attached hydrogen (secondary N) is 1. The van der Waals surface area contributed by atoms with Gasteiger partial charge in [-0.25, -0.2) is 4.39 Å². The van der Waals surface area contributed by atoms with Crippen LogP contribution in [0.5, 0.6) is 0 Å². The summed E-state index contributed by atoms with van der Waals surface area (Å²) < 4.78 is 12.9. The predicted molar refractivity (Wildman–Crippen MR) is 79.5 cm³/mol. The Morgan fingerprint density at radius 3 is 2.81 bits per heavy atom. The van der Waals surface area contributed by atoms with E-state index >= 15 is 0 Å². The molecule has 1 atom stereocenters. The molecule has 0 aliphatic rings. The summed E-state index contributed by atoms with van der Waals surface area (Å²) in [7, 11) is 0. The van der Waals surface area contributed by atoms with Crippen molar-refractivity contribution in [2.45, 2.75) is 19.8 Å². The topological polar surface area (TPSA) is 66.4 Å². The molecule has 1 rings (SSSR count). The monoisotopic (exact) mass is 313 g/mol. The first kappa shape index (κ1) is 17.2. The molecule has 0 aliphatic heterocycles. The number of carboxylic acid groups (broad SMARTS) is 1. The molecule has 0 radical (unpaired) electrons. The fraction of sp³-hybridized carbons (Fsp3) is 0.333. The van der Waals surface area contributed by atoms with E-state index in [4.69, 9.17) is 16.7 Å². The summed E-state index contributed by atoms with van der Waals surface area (Å²) >= 11 is 5.63. The molecule has 0 aromatic heterocycles. The Morgan fingerprint density at radius 2 is 2.19 bits per heavy atom. The highest BCUT2D eigenvalue weighted by atomic mass is 35.5. The van der Waals surface area contributed by atoms with E-state index in [1.807, 2.05) is 0 Å². The molecule has 21 heavy (non-hydrogen) atoms. The van der Waals surface area contributed by atoms with Gasteiger partial charge in [-0.1, -0.05) is 24.6 Å². The van der Waals surface area contributed by atoms with Gasteiger partial charge in [0.25, 0.3) is 0 Å². The molecule has 4 nitrogen and oxygen atoms in total. The quantitative estimate of drug-likeness (QED) is 0.600. The maximum atomic E-state index is 12.9. The van der Waals surface area contributed by atoms with Crippen LogP contribution in [0, 0.1) is 11.7 Å². The Morgan fingerprint density at radius 1 is 1.48 bits per heavy atom. The molecule has 6 heteroatoms. The van der Waals surface area contributed by atoms with Crippen LogP contribution in [0.25, 0.3) is 6.08 Å². The normalized spacial score (nSPS) is 12.3. The highest BCUT2D eigenvalue weighted by molar-refractivity contribution is 6.30. The minimum atomic E-state index is -0.839. The molecular weight excluding hydrogens is 297 g/mol. The maximum Gasteiger partial charge on any atom is 0.306 e. The predicted octanol–water partition coefficient (Wildman–Crippen LogP) is 3.11. The fourth-order valence-electron chi connectivity index (χ4n) is 1.59. The molecule has 0 saturated carbocycles. The van der Waals surface area contributed by atoms with Gasteiger partial charge in [-0.3, -0.25) is 9.59 Å². The van der Waals surface area contributed by atoms with Crippen LogP contribution < -0.4 is 5.32 Å². The van der Waals surface area contributed by atoms with Crippen LogP contribution in [0.2, 0.25) is 5.02 Å². The van der Waals surface area contributed by atoms with E-state index < -0.39 is 17.7 Å². The summed E-state index contributed by atoms with van der Waals surface area (Å²) in [5.41, 5.74) is 0.621. The third-order valence-corrected chi connectivity index (χ3v) is 3.20. The van der Waals surface area contributed by atoms with Crippen molar-refractivity contribution in [3.63, 3.8) is 0 Å². The van der Waals surface area contributed by atoms with Crippen LogP contribution in [0.1, 0.15) is 25.3 Å². The van der Waals surface area contributed by atoms with Crippen molar-refractivity contribution in [2.75, 3.05) is 6.54 Å². The molecule has 2 N–H and O–H groups in total. The Labute approximate surface area is 127 Å². The molecule has 1 aromatic carbocycles. The largest absolute Gasteiger partial charge is 0.481 e. The summed E-state index contributed by atoms with van der Waals surface area (Å²) in [5.74, 6) is -2.06. The molecule has 0 bridgehead atoms. The lowest BCUT2D eigenvalue weighted by atomic mass is 10.1. The van der Waals surface area contributed by atoms with Gasteiger partial charge in [0.15, 0.2) is 0 Å². The van der Waals surface area contributed by atoms with E-state index in [0.29, 0.717) is 24.9 Å². The van der Waals surface area contributed by atoms with E-state index in [9.17, 15) is 14.0 Å². The molecule has 0 saturated heterocycles. The maximum absolute atomic E-state index is 12.9. The summed E-state index contributed by atoms with van der Waals surface area (Å²) in [5, 5.41) is 11.4. The van der Waals surface area contributed by atoms with Crippen molar-refractivity contribution >= 4 is 29.6 Å². The zero-order valence-corrected chi connectivity index (χ0v) is 12.4. The lowest BCUT2D eigenvalue weighted by molar-refractivity contribution is -0.141. The first-order valence-corrected chi connectivity index (χ1v) is 6.91. The number of carboxylic acids is 1. The number of rotatable bonds is 7. The molecule has 1 aromatic rings. The number of hydrogen-bond donors (Lipinski definition) is 2. The number of halogens is 2. The molecule has 0 heterocycles. The Balaban J connectivity index is 2.34. The van der Waals surface area contributed by atoms with Crippen molar-refractivity contribution in [1.29, 1.82) is 0 Å². The van der Waals surface area contributed by atoms with Gasteiger partial charge in [0, 0.05) is 12.6 Å². The average Bonchev–Trinajstić information content (AvgIpc) is 2.44. The summed E-state index contributed by atoms with van der Waals surface area (Å²) in [4.78, 5) is 22.1. The molecule has 0 spiro atoms. The van der Waals surface area contributed by atoms with E-state index in [1.165, 1.54) is 30.4 Å². The van der Waals surface area contributed by atoms with Crippen LogP contribution in [0.4, 0.5) is 4.39 Å². The zero-order chi connectivity index (χ0) is 15.8. The minimum Gasteiger partial charge on any atom is -0.481 e. The standard InChI is InChI=1S/C15H17ClFNO3/c1-10(15(20)21)3-2-8-18-14(19)7-5-11-4-6-13(17)12(16)9-11/h4-7,9-10H,2-3,8H2,1H3,(H,18,19)(H,20,21)/b7-5+.